The lowest BCUT2D eigenvalue weighted by atomic mass is 9.87. The Morgan fingerprint density at radius 3 is 2.62 bits per heavy atom. The third-order valence-corrected chi connectivity index (χ3v) is 4.93. The van der Waals surface area contributed by atoms with Crippen LogP contribution in [0.15, 0.2) is 48.7 Å². The molecular formula is C19H18FN3O. The number of aromatic amines is 1. The number of hydrogen-bond acceptors (Lipinski definition) is 2. The van der Waals surface area contributed by atoms with Crippen molar-refractivity contribution in [1.29, 1.82) is 0 Å². The predicted octanol–water partition coefficient (Wildman–Crippen LogP) is 3.90. The second kappa shape index (κ2) is 5.74. The maximum Gasteiger partial charge on any atom is 0.254 e. The second-order valence-corrected chi connectivity index (χ2v) is 6.39. The minimum absolute atomic E-state index is 0.129. The molecule has 2 aromatic carbocycles. The summed E-state index contributed by atoms with van der Waals surface area (Å²) >= 11 is 0. The Labute approximate surface area is 139 Å². The van der Waals surface area contributed by atoms with Crippen LogP contribution in [-0.2, 0) is 5.54 Å². The molecule has 4 rings (SSSR count). The summed E-state index contributed by atoms with van der Waals surface area (Å²) in [6, 6.07) is 12.0. The van der Waals surface area contributed by atoms with Crippen LogP contribution in [0.1, 0.15) is 41.6 Å². The molecule has 1 amide bonds. The number of carbonyl (C=O) groups is 1. The van der Waals surface area contributed by atoms with Crippen molar-refractivity contribution in [3.8, 4) is 0 Å². The summed E-state index contributed by atoms with van der Waals surface area (Å²) in [5, 5.41) is 11.0. The standard InChI is InChI=1S/C19H18FN3O/c20-15-8-6-14(7-9-15)19(10-1-2-11-19)22-18(24)16-5-3-4-13-12-21-23-17(13)16/h3-9,12H,1-2,10-11H2,(H,21,23)(H,22,24). The molecule has 4 nitrogen and oxygen atoms in total. The minimum atomic E-state index is -0.424. The molecule has 1 aliphatic carbocycles. The minimum Gasteiger partial charge on any atom is -0.342 e. The molecule has 24 heavy (non-hydrogen) atoms. The lowest BCUT2D eigenvalue weighted by molar-refractivity contribution is 0.0899. The Morgan fingerprint density at radius 2 is 1.88 bits per heavy atom. The Kier molecular flexibility index (Phi) is 3.56. The van der Waals surface area contributed by atoms with E-state index in [4.69, 9.17) is 0 Å². The largest absolute Gasteiger partial charge is 0.342 e. The molecule has 0 spiro atoms. The molecule has 1 fully saturated rings. The molecule has 122 valence electrons. The van der Waals surface area contributed by atoms with E-state index < -0.39 is 5.54 Å². The fraction of sp³-hybridized carbons (Fsp3) is 0.263. The maximum atomic E-state index is 13.3. The van der Waals surface area contributed by atoms with Gasteiger partial charge >= 0.3 is 0 Å². The highest BCUT2D eigenvalue weighted by Gasteiger charge is 2.37. The van der Waals surface area contributed by atoms with E-state index in [0.717, 1.165) is 42.1 Å². The summed E-state index contributed by atoms with van der Waals surface area (Å²) < 4.78 is 13.3. The number of amides is 1. The van der Waals surface area contributed by atoms with Gasteiger partial charge in [-0.05, 0) is 36.6 Å². The average Bonchev–Trinajstić information content (AvgIpc) is 3.24. The van der Waals surface area contributed by atoms with Gasteiger partial charge in [0.05, 0.1) is 22.8 Å². The molecule has 1 aromatic heterocycles. The van der Waals surface area contributed by atoms with Gasteiger partial charge in [-0.1, -0.05) is 37.1 Å². The number of halogens is 1. The first-order valence-electron chi connectivity index (χ1n) is 8.19. The average molecular weight is 323 g/mol. The number of rotatable bonds is 3. The van der Waals surface area contributed by atoms with Crippen molar-refractivity contribution < 1.29 is 9.18 Å². The van der Waals surface area contributed by atoms with Gasteiger partial charge in [-0.2, -0.15) is 5.10 Å². The van der Waals surface area contributed by atoms with Crippen LogP contribution in [0, 0.1) is 5.82 Å². The topological polar surface area (TPSA) is 57.8 Å². The van der Waals surface area contributed by atoms with Gasteiger partial charge in [0.1, 0.15) is 5.82 Å². The van der Waals surface area contributed by atoms with E-state index in [1.54, 1.807) is 24.4 Å². The highest BCUT2D eigenvalue weighted by molar-refractivity contribution is 6.05. The molecule has 0 radical (unpaired) electrons. The molecule has 1 saturated carbocycles. The zero-order valence-electron chi connectivity index (χ0n) is 13.2. The fourth-order valence-electron chi connectivity index (χ4n) is 3.68. The maximum absolute atomic E-state index is 13.3. The van der Waals surface area contributed by atoms with Crippen molar-refractivity contribution in [1.82, 2.24) is 15.5 Å². The van der Waals surface area contributed by atoms with Gasteiger partial charge in [0.25, 0.3) is 5.91 Å². The molecule has 0 atom stereocenters. The monoisotopic (exact) mass is 323 g/mol. The molecule has 0 saturated heterocycles. The predicted molar refractivity (Wildman–Crippen MR) is 90.1 cm³/mol. The second-order valence-electron chi connectivity index (χ2n) is 6.39. The lowest BCUT2D eigenvalue weighted by Crippen LogP contribution is -2.43. The molecular weight excluding hydrogens is 305 g/mol. The first-order chi connectivity index (χ1) is 11.7. The number of fused-ring (bicyclic) bond motifs is 1. The van der Waals surface area contributed by atoms with E-state index in [0.29, 0.717) is 5.56 Å². The molecule has 1 aliphatic rings. The number of carbonyl (C=O) groups excluding carboxylic acids is 1. The smallest absolute Gasteiger partial charge is 0.254 e. The molecule has 0 unspecified atom stereocenters. The Hall–Kier alpha value is -2.69. The van der Waals surface area contributed by atoms with Crippen molar-refractivity contribution in [3.63, 3.8) is 0 Å². The van der Waals surface area contributed by atoms with Crippen LogP contribution in [0.25, 0.3) is 10.9 Å². The number of hydrogen-bond donors (Lipinski definition) is 2. The van der Waals surface area contributed by atoms with Crippen molar-refractivity contribution in [3.05, 3.63) is 65.6 Å². The summed E-state index contributed by atoms with van der Waals surface area (Å²) in [6.07, 6.45) is 5.53. The van der Waals surface area contributed by atoms with Gasteiger partial charge in [0.2, 0.25) is 0 Å². The number of nitrogens with one attached hydrogen (secondary N) is 2. The molecule has 0 aliphatic heterocycles. The quantitative estimate of drug-likeness (QED) is 0.768. The van der Waals surface area contributed by atoms with Crippen LogP contribution >= 0.6 is 0 Å². The molecule has 3 aromatic rings. The van der Waals surface area contributed by atoms with Gasteiger partial charge in [0.15, 0.2) is 0 Å². The third kappa shape index (κ3) is 2.46. The normalized spacial score (nSPS) is 16.4. The van der Waals surface area contributed by atoms with Crippen molar-refractivity contribution >= 4 is 16.8 Å². The van der Waals surface area contributed by atoms with E-state index in [1.807, 2.05) is 12.1 Å². The van der Waals surface area contributed by atoms with Crippen molar-refractivity contribution in [2.45, 2.75) is 31.2 Å². The highest BCUT2D eigenvalue weighted by Crippen LogP contribution is 2.39. The fourth-order valence-corrected chi connectivity index (χ4v) is 3.68. The van der Waals surface area contributed by atoms with Crippen LogP contribution < -0.4 is 5.32 Å². The van der Waals surface area contributed by atoms with E-state index in [9.17, 15) is 9.18 Å². The van der Waals surface area contributed by atoms with Crippen molar-refractivity contribution in [2.24, 2.45) is 0 Å². The van der Waals surface area contributed by atoms with Gasteiger partial charge < -0.3 is 5.32 Å². The third-order valence-electron chi connectivity index (χ3n) is 4.93. The summed E-state index contributed by atoms with van der Waals surface area (Å²) in [5.41, 5.74) is 1.86. The SMILES string of the molecule is O=C(NC1(c2ccc(F)cc2)CCCC1)c1cccc2cn[nH]c12. The summed E-state index contributed by atoms with van der Waals surface area (Å²) in [4.78, 5) is 12.9. The van der Waals surface area contributed by atoms with Gasteiger partial charge in [-0.25, -0.2) is 4.39 Å². The van der Waals surface area contributed by atoms with Gasteiger partial charge in [-0.15, -0.1) is 0 Å². The van der Waals surface area contributed by atoms with Crippen LogP contribution in [-0.4, -0.2) is 16.1 Å². The zero-order valence-corrected chi connectivity index (χ0v) is 13.2. The van der Waals surface area contributed by atoms with Gasteiger partial charge in [-0.3, -0.25) is 9.89 Å². The highest BCUT2D eigenvalue weighted by atomic mass is 19.1. The van der Waals surface area contributed by atoms with E-state index in [2.05, 4.69) is 15.5 Å². The van der Waals surface area contributed by atoms with Crippen molar-refractivity contribution in [2.75, 3.05) is 0 Å². The Balaban J connectivity index is 1.69. The molecule has 2 N–H and O–H groups in total. The Bertz CT molecular complexity index is 879. The zero-order chi connectivity index (χ0) is 16.6. The molecule has 0 bridgehead atoms. The molecule has 1 heterocycles. The number of benzene rings is 2. The van der Waals surface area contributed by atoms with Crippen LogP contribution in [0.4, 0.5) is 4.39 Å². The number of aromatic nitrogens is 2. The summed E-state index contributed by atoms with van der Waals surface area (Å²) in [7, 11) is 0. The van der Waals surface area contributed by atoms with Gasteiger partial charge in [0, 0.05) is 5.39 Å². The van der Waals surface area contributed by atoms with E-state index in [-0.39, 0.29) is 11.7 Å². The van der Waals surface area contributed by atoms with E-state index >= 15 is 0 Å². The number of nitrogens with zero attached hydrogens (tertiary/aromatic N) is 1. The first kappa shape index (κ1) is 14.9. The lowest BCUT2D eigenvalue weighted by Gasteiger charge is -2.31. The van der Waals surface area contributed by atoms with E-state index in [1.165, 1.54) is 12.1 Å². The summed E-state index contributed by atoms with van der Waals surface area (Å²) in [5.74, 6) is -0.392. The first-order valence-corrected chi connectivity index (χ1v) is 8.19. The Morgan fingerprint density at radius 1 is 1.12 bits per heavy atom. The van der Waals surface area contributed by atoms with Crippen LogP contribution in [0.3, 0.4) is 0 Å². The number of H-pyrrole nitrogens is 1. The molecule has 5 heteroatoms. The number of para-hydroxylation sites is 1. The van der Waals surface area contributed by atoms with Crippen LogP contribution in [0.5, 0.6) is 0 Å². The van der Waals surface area contributed by atoms with Crippen LogP contribution in [0.2, 0.25) is 0 Å². The summed E-state index contributed by atoms with van der Waals surface area (Å²) in [6.45, 7) is 0.